The van der Waals surface area contributed by atoms with Gasteiger partial charge < -0.3 is 10.2 Å². The Morgan fingerprint density at radius 1 is 1.32 bits per heavy atom. The summed E-state index contributed by atoms with van der Waals surface area (Å²) in [5.41, 5.74) is -0.0968. The van der Waals surface area contributed by atoms with E-state index in [1.54, 1.807) is 6.20 Å². The molecule has 0 bridgehead atoms. The number of benzene rings is 1. The van der Waals surface area contributed by atoms with Crippen molar-refractivity contribution in [3.8, 4) is 0 Å². The van der Waals surface area contributed by atoms with Gasteiger partial charge in [-0.15, -0.1) is 0 Å². The van der Waals surface area contributed by atoms with Gasteiger partial charge in [-0.25, -0.2) is 9.37 Å². The molecule has 0 spiro atoms. The smallest absolute Gasteiger partial charge is 0.256 e. The first kappa shape index (κ1) is 14.8. The van der Waals surface area contributed by atoms with Gasteiger partial charge in [-0.05, 0) is 30.7 Å². The molecule has 3 rings (SSSR count). The number of carbonyl (C=O) groups excluding carboxylic acids is 1. The highest BCUT2D eigenvalue weighted by Gasteiger charge is 2.26. The number of nitrogens with one attached hydrogen (secondary N) is 1. The lowest BCUT2D eigenvalue weighted by Crippen LogP contribution is -2.37. The summed E-state index contributed by atoms with van der Waals surface area (Å²) in [6.07, 6.45) is 2.52. The minimum atomic E-state index is -0.607. The number of rotatable bonds is 3. The monoisotopic (exact) mass is 319 g/mol. The topological polar surface area (TPSA) is 45.2 Å². The Hall–Kier alpha value is -2.14. The maximum absolute atomic E-state index is 13.8. The molecule has 1 aliphatic heterocycles. The van der Waals surface area contributed by atoms with E-state index in [0.717, 1.165) is 18.8 Å². The Balaban J connectivity index is 1.66. The molecule has 4 nitrogen and oxygen atoms in total. The first-order valence-corrected chi connectivity index (χ1v) is 7.44. The van der Waals surface area contributed by atoms with Crippen molar-refractivity contribution in [3.05, 3.63) is 59.0 Å². The van der Waals surface area contributed by atoms with Crippen LogP contribution in [-0.2, 0) is 0 Å². The van der Waals surface area contributed by atoms with Gasteiger partial charge in [-0.3, -0.25) is 4.79 Å². The van der Waals surface area contributed by atoms with Crippen molar-refractivity contribution in [2.45, 2.75) is 12.5 Å². The molecule has 114 valence electrons. The van der Waals surface area contributed by atoms with Crippen molar-refractivity contribution in [1.82, 2.24) is 10.3 Å². The van der Waals surface area contributed by atoms with Crippen LogP contribution >= 0.6 is 11.6 Å². The van der Waals surface area contributed by atoms with Crippen LogP contribution in [-0.4, -0.2) is 30.0 Å². The SMILES string of the molecule is O=C(NC1CCN(c2ccccn2)C1)c1c(F)cccc1Cl. The summed E-state index contributed by atoms with van der Waals surface area (Å²) in [6, 6.07) is 9.88. The summed E-state index contributed by atoms with van der Waals surface area (Å²) in [5.74, 6) is -0.205. The molecule has 1 atom stereocenters. The van der Waals surface area contributed by atoms with E-state index in [1.165, 1.54) is 18.2 Å². The number of pyridine rings is 1. The predicted octanol–water partition coefficient (Wildman–Crippen LogP) is 2.88. The third kappa shape index (κ3) is 3.04. The molecule has 2 aromatic rings. The van der Waals surface area contributed by atoms with Gasteiger partial charge >= 0.3 is 0 Å². The molecule has 1 fully saturated rings. The normalized spacial score (nSPS) is 17.5. The number of hydrogen-bond donors (Lipinski definition) is 1. The van der Waals surface area contributed by atoms with Crippen molar-refractivity contribution in [2.24, 2.45) is 0 Å². The van der Waals surface area contributed by atoms with E-state index in [2.05, 4.69) is 15.2 Å². The fraction of sp³-hybridized carbons (Fsp3) is 0.250. The van der Waals surface area contributed by atoms with Gasteiger partial charge in [0.2, 0.25) is 0 Å². The van der Waals surface area contributed by atoms with E-state index in [0.29, 0.717) is 6.54 Å². The second kappa shape index (κ2) is 6.32. The molecular weight excluding hydrogens is 305 g/mol. The molecule has 1 N–H and O–H groups in total. The largest absolute Gasteiger partial charge is 0.354 e. The van der Waals surface area contributed by atoms with Crippen molar-refractivity contribution in [3.63, 3.8) is 0 Å². The molecule has 1 aliphatic rings. The zero-order valence-corrected chi connectivity index (χ0v) is 12.6. The Kier molecular flexibility index (Phi) is 4.24. The molecule has 1 aromatic carbocycles. The van der Waals surface area contributed by atoms with E-state index in [9.17, 15) is 9.18 Å². The third-order valence-corrected chi connectivity index (χ3v) is 4.00. The average molecular weight is 320 g/mol. The van der Waals surface area contributed by atoms with E-state index in [-0.39, 0.29) is 16.6 Å². The Morgan fingerprint density at radius 3 is 2.91 bits per heavy atom. The number of nitrogens with zero attached hydrogens (tertiary/aromatic N) is 2. The number of anilines is 1. The van der Waals surface area contributed by atoms with Crippen LogP contribution in [0.4, 0.5) is 10.2 Å². The number of amides is 1. The molecule has 1 aromatic heterocycles. The minimum absolute atomic E-state index is 0.0508. The quantitative estimate of drug-likeness (QED) is 0.946. The number of aromatic nitrogens is 1. The summed E-state index contributed by atoms with van der Waals surface area (Å²) in [7, 11) is 0. The van der Waals surface area contributed by atoms with Crippen molar-refractivity contribution in [1.29, 1.82) is 0 Å². The van der Waals surface area contributed by atoms with Crippen molar-refractivity contribution < 1.29 is 9.18 Å². The molecular formula is C16H15ClFN3O. The highest BCUT2D eigenvalue weighted by atomic mass is 35.5. The van der Waals surface area contributed by atoms with Crippen LogP contribution in [0, 0.1) is 5.82 Å². The molecule has 22 heavy (non-hydrogen) atoms. The first-order chi connectivity index (χ1) is 10.6. The number of carbonyl (C=O) groups is 1. The predicted molar refractivity (Wildman–Crippen MR) is 83.7 cm³/mol. The molecule has 1 amide bonds. The first-order valence-electron chi connectivity index (χ1n) is 7.06. The van der Waals surface area contributed by atoms with Crippen LogP contribution < -0.4 is 10.2 Å². The van der Waals surface area contributed by atoms with Crippen LogP contribution in [0.3, 0.4) is 0 Å². The lowest BCUT2D eigenvalue weighted by molar-refractivity contribution is 0.0936. The molecule has 6 heteroatoms. The van der Waals surface area contributed by atoms with Crippen LogP contribution in [0.5, 0.6) is 0 Å². The average Bonchev–Trinajstić information content (AvgIpc) is 2.96. The molecule has 1 unspecified atom stereocenters. The summed E-state index contributed by atoms with van der Waals surface area (Å²) in [5, 5.41) is 2.97. The molecule has 2 heterocycles. The highest BCUT2D eigenvalue weighted by Crippen LogP contribution is 2.21. The second-order valence-electron chi connectivity index (χ2n) is 5.19. The zero-order chi connectivity index (χ0) is 15.5. The van der Waals surface area contributed by atoms with Crippen molar-refractivity contribution in [2.75, 3.05) is 18.0 Å². The fourth-order valence-corrected chi connectivity index (χ4v) is 2.85. The van der Waals surface area contributed by atoms with Gasteiger partial charge in [0, 0.05) is 25.3 Å². The minimum Gasteiger partial charge on any atom is -0.354 e. The fourth-order valence-electron chi connectivity index (χ4n) is 2.60. The second-order valence-corrected chi connectivity index (χ2v) is 5.60. The molecule has 0 saturated carbocycles. The van der Waals surface area contributed by atoms with Gasteiger partial charge in [0.1, 0.15) is 11.6 Å². The summed E-state index contributed by atoms with van der Waals surface area (Å²) >= 11 is 5.91. The Morgan fingerprint density at radius 2 is 2.18 bits per heavy atom. The van der Waals surface area contributed by atoms with Crippen LogP contribution in [0.15, 0.2) is 42.6 Å². The maximum atomic E-state index is 13.8. The van der Waals surface area contributed by atoms with Gasteiger partial charge in [0.15, 0.2) is 0 Å². The highest BCUT2D eigenvalue weighted by molar-refractivity contribution is 6.33. The van der Waals surface area contributed by atoms with Gasteiger partial charge in [0.25, 0.3) is 5.91 Å². The van der Waals surface area contributed by atoms with Crippen LogP contribution in [0.2, 0.25) is 5.02 Å². The summed E-state index contributed by atoms with van der Waals surface area (Å²) in [4.78, 5) is 18.6. The van der Waals surface area contributed by atoms with E-state index < -0.39 is 11.7 Å². The lowest BCUT2D eigenvalue weighted by atomic mass is 10.1. The summed E-state index contributed by atoms with van der Waals surface area (Å²) in [6.45, 7) is 1.45. The standard InChI is InChI=1S/C16H15ClFN3O/c17-12-4-3-5-13(18)15(12)16(22)20-11-7-9-21(10-11)14-6-1-2-8-19-14/h1-6,8,11H,7,9-10H2,(H,20,22). The molecule has 0 radical (unpaired) electrons. The maximum Gasteiger partial charge on any atom is 0.256 e. The van der Waals surface area contributed by atoms with E-state index >= 15 is 0 Å². The number of halogens is 2. The van der Waals surface area contributed by atoms with E-state index in [1.807, 2.05) is 18.2 Å². The van der Waals surface area contributed by atoms with Gasteiger partial charge in [-0.2, -0.15) is 0 Å². The Bertz CT molecular complexity index is 660. The number of hydrogen-bond acceptors (Lipinski definition) is 3. The van der Waals surface area contributed by atoms with E-state index in [4.69, 9.17) is 11.6 Å². The van der Waals surface area contributed by atoms with Gasteiger partial charge in [-0.1, -0.05) is 23.7 Å². The van der Waals surface area contributed by atoms with Crippen LogP contribution in [0.25, 0.3) is 0 Å². The molecule has 0 aliphatic carbocycles. The Labute approximate surface area is 132 Å². The molecule has 1 saturated heterocycles. The summed E-state index contributed by atoms with van der Waals surface area (Å²) < 4.78 is 13.8. The van der Waals surface area contributed by atoms with Crippen LogP contribution in [0.1, 0.15) is 16.8 Å². The third-order valence-electron chi connectivity index (χ3n) is 3.69. The van der Waals surface area contributed by atoms with Crippen molar-refractivity contribution >= 4 is 23.3 Å². The zero-order valence-electron chi connectivity index (χ0n) is 11.8. The lowest BCUT2D eigenvalue weighted by Gasteiger charge is -2.18. The van der Waals surface area contributed by atoms with Gasteiger partial charge in [0.05, 0.1) is 10.6 Å².